The van der Waals surface area contributed by atoms with Gasteiger partial charge in [0, 0.05) is 13.5 Å². The van der Waals surface area contributed by atoms with Crippen LogP contribution in [0.5, 0.6) is 34.5 Å². The molecule has 2 aromatic rings. The molecular weight excluding hydrogens is 460 g/mol. The van der Waals surface area contributed by atoms with E-state index >= 15 is 0 Å². The van der Waals surface area contributed by atoms with Gasteiger partial charge in [0.25, 0.3) is 0 Å². The van der Waals surface area contributed by atoms with E-state index in [0.717, 1.165) is 31.4 Å². The average Bonchev–Trinajstić information content (AvgIpc) is 2.79. The summed E-state index contributed by atoms with van der Waals surface area (Å²) in [6.07, 6.45) is -2.21. The number of aromatic hydroxyl groups is 6. The van der Waals surface area contributed by atoms with Crippen LogP contribution >= 0.6 is 0 Å². The Morgan fingerprint density at radius 2 is 1.15 bits per heavy atom. The molecule has 0 bridgehead atoms. The van der Waals surface area contributed by atoms with Crippen molar-refractivity contribution in [2.75, 3.05) is 20.3 Å². The molecule has 0 spiro atoms. The van der Waals surface area contributed by atoms with E-state index in [1.54, 1.807) is 0 Å². The molecule has 188 valence electrons. The lowest BCUT2D eigenvalue weighted by Gasteiger charge is -2.19. The third-order valence-electron chi connectivity index (χ3n) is 4.07. The maximum Gasteiger partial charge on any atom is 0.338 e. The zero-order valence-electron chi connectivity index (χ0n) is 18.2. The second-order valence-corrected chi connectivity index (χ2v) is 6.61. The summed E-state index contributed by atoms with van der Waals surface area (Å²) in [6.45, 7) is 0.639. The van der Waals surface area contributed by atoms with Gasteiger partial charge in [0.1, 0.15) is 6.61 Å². The molecule has 8 N–H and O–H groups in total. The molecule has 2 rings (SSSR count). The van der Waals surface area contributed by atoms with Crippen LogP contribution in [-0.2, 0) is 14.2 Å². The lowest BCUT2D eigenvalue weighted by atomic mass is 10.2. The van der Waals surface area contributed by atoms with Crippen molar-refractivity contribution in [3.05, 3.63) is 35.4 Å². The summed E-state index contributed by atoms with van der Waals surface area (Å²) < 4.78 is 15.2. The fourth-order valence-corrected chi connectivity index (χ4v) is 2.53. The summed E-state index contributed by atoms with van der Waals surface area (Å²) in [5, 5.41) is 72.9. The number of aliphatic hydroxyl groups is 2. The van der Waals surface area contributed by atoms with Gasteiger partial charge in [-0.1, -0.05) is 0 Å². The van der Waals surface area contributed by atoms with Gasteiger partial charge in [0.2, 0.25) is 0 Å². The van der Waals surface area contributed by atoms with Crippen molar-refractivity contribution in [1.29, 1.82) is 0 Å². The minimum Gasteiger partial charge on any atom is -0.504 e. The third kappa shape index (κ3) is 7.88. The smallest absolute Gasteiger partial charge is 0.338 e. The summed E-state index contributed by atoms with van der Waals surface area (Å²) in [6, 6.07) is 3.55. The van der Waals surface area contributed by atoms with Gasteiger partial charge in [-0.25, -0.2) is 9.59 Å². The highest BCUT2D eigenvalue weighted by molar-refractivity contribution is 5.91. The molecule has 0 aliphatic carbocycles. The molecule has 2 atom stereocenters. The quantitative estimate of drug-likeness (QED) is 0.139. The van der Waals surface area contributed by atoms with Crippen molar-refractivity contribution in [1.82, 2.24) is 0 Å². The lowest BCUT2D eigenvalue weighted by molar-refractivity contribution is -0.140. The maximum absolute atomic E-state index is 12.1. The highest BCUT2D eigenvalue weighted by Gasteiger charge is 2.20. The van der Waals surface area contributed by atoms with Crippen molar-refractivity contribution in [3.8, 4) is 34.5 Å². The Hall–Kier alpha value is -3.94. The zero-order valence-corrected chi connectivity index (χ0v) is 18.2. The first kappa shape index (κ1) is 28.1. The van der Waals surface area contributed by atoms with Gasteiger partial charge in [-0.2, -0.15) is 0 Å². The van der Waals surface area contributed by atoms with Crippen LogP contribution in [0.4, 0.5) is 0 Å². The molecule has 0 fully saturated rings. The van der Waals surface area contributed by atoms with Crippen LogP contribution < -0.4 is 0 Å². The van der Waals surface area contributed by atoms with Crippen LogP contribution in [0.1, 0.15) is 34.1 Å². The number of hydrogen-bond donors (Lipinski definition) is 8. The standard InChI is InChI=1S/C20H22O12.CH4O/c1-9(21)32-12(8-31-20(29)11-6-15(24)18(27)16(25)7-11)2-3-30-19(28)10-4-13(22)17(26)14(23)5-10;1-2/h4-7,9,12,21-27H,2-3,8H2,1H3;2H,1H3. The van der Waals surface area contributed by atoms with Crippen molar-refractivity contribution in [2.45, 2.75) is 25.7 Å². The fraction of sp³-hybridized carbons (Fsp3) is 0.333. The number of carbonyl (C=O) groups excluding carboxylic acids is 2. The Balaban J connectivity index is 0.00000281. The Bertz CT molecular complexity index is 941. The predicted octanol–water partition coefficient (Wildman–Crippen LogP) is 0.656. The van der Waals surface area contributed by atoms with Crippen molar-refractivity contribution in [3.63, 3.8) is 0 Å². The summed E-state index contributed by atoms with van der Waals surface area (Å²) in [5.74, 6) is -6.38. The molecule has 2 aromatic carbocycles. The molecule has 2 unspecified atom stereocenters. The predicted molar refractivity (Wildman–Crippen MR) is 113 cm³/mol. The van der Waals surface area contributed by atoms with E-state index in [2.05, 4.69) is 0 Å². The largest absolute Gasteiger partial charge is 0.504 e. The molecule has 0 heterocycles. The average molecular weight is 486 g/mol. The Morgan fingerprint density at radius 3 is 1.53 bits per heavy atom. The first-order valence-electron chi connectivity index (χ1n) is 9.62. The molecule has 13 nitrogen and oxygen atoms in total. The number of hydrogen-bond acceptors (Lipinski definition) is 13. The number of benzene rings is 2. The van der Waals surface area contributed by atoms with Gasteiger partial charge in [-0.05, 0) is 31.2 Å². The topological polar surface area (TPSA) is 224 Å². The van der Waals surface area contributed by atoms with Crippen LogP contribution in [0, 0.1) is 0 Å². The van der Waals surface area contributed by atoms with E-state index < -0.39 is 65.4 Å². The normalized spacial score (nSPS) is 12.1. The highest BCUT2D eigenvalue weighted by Crippen LogP contribution is 2.36. The summed E-state index contributed by atoms with van der Waals surface area (Å²) in [4.78, 5) is 24.1. The van der Waals surface area contributed by atoms with Gasteiger partial charge in [-0.3, -0.25) is 0 Å². The second-order valence-electron chi connectivity index (χ2n) is 6.61. The Morgan fingerprint density at radius 1 is 0.765 bits per heavy atom. The van der Waals surface area contributed by atoms with Crippen LogP contribution in [0.25, 0.3) is 0 Å². The minimum atomic E-state index is -1.25. The number of rotatable bonds is 9. The maximum atomic E-state index is 12.1. The summed E-state index contributed by atoms with van der Waals surface area (Å²) >= 11 is 0. The Kier molecular flexibility index (Phi) is 10.7. The van der Waals surface area contributed by atoms with Gasteiger partial charge in [-0.15, -0.1) is 0 Å². The molecule has 0 aromatic heterocycles. The third-order valence-corrected chi connectivity index (χ3v) is 4.07. The highest BCUT2D eigenvalue weighted by atomic mass is 16.6. The lowest BCUT2D eigenvalue weighted by Crippen LogP contribution is -2.28. The fourth-order valence-electron chi connectivity index (χ4n) is 2.53. The summed E-state index contributed by atoms with van der Waals surface area (Å²) in [5.41, 5.74) is -0.490. The van der Waals surface area contributed by atoms with Crippen molar-refractivity contribution < 1.29 is 64.7 Å². The van der Waals surface area contributed by atoms with E-state index in [-0.39, 0.29) is 24.2 Å². The van der Waals surface area contributed by atoms with Crippen LogP contribution in [0.2, 0.25) is 0 Å². The SMILES string of the molecule is CC(O)OC(CCOC(=O)c1cc(O)c(O)c(O)c1)COC(=O)c1cc(O)c(O)c(O)c1.CO. The molecule has 0 saturated heterocycles. The van der Waals surface area contributed by atoms with E-state index in [0.29, 0.717) is 0 Å². The number of aliphatic hydroxyl groups excluding tert-OH is 2. The van der Waals surface area contributed by atoms with E-state index in [9.17, 15) is 45.3 Å². The molecule has 0 aliphatic rings. The van der Waals surface area contributed by atoms with Crippen molar-refractivity contribution >= 4 is 11.9 Å². The van der Waals surface area contributed by atoms with Gasteiger partial charge >= 0.3 is 11.9 Å². The Labute approximate surface area is 193 Å². The zero-order chi connectivity index (χ0) is 26.0. The first-order valence-corrected chi connectivity index (χ1v) is 9.62. The van der Waals surface area contributed by atoms with E-state index in [1.165, 1.54) is 6.92 Å². The van der Waals surface area contributed by atoms with Crippen LogP contribution in [-0.4, -0.2) is 85.5 Å². The molecule has 13 heteroatoms. The number of phenolic OH excluding ortho intramolecular Hbond substituents is 6. The van der Waals surface area contributed by atoms with E-state index in [1.807, 2.05) is 0 Å². The number of phenols is 6. The van der Waals surface area contributed by atoms with Gasteiger partial charge < -0.3 is 55.1 Å². The molecule has 0 radical (unpaired) electrons. The summed E-state index contributed by atoms with van der Waals surface area (Å²) in [7, 11) is 1.00. The van der Waals surface area contributed by atoms with E-state index in [4.69, 9.17) is 19.3 Å². The van der Waals surface area contributed by atoms with Gasteiger partial charge in [0.15, 0.2) is 40.8 Å². The second kappa shape index (κ2) is 12.9. The molecule has 0 amide bonds. The number of esters is 2. The van der Waals surface area contributed by atoms with Gasteiger partial charge in [0.05, 0.1) is 23.8 Å². The molecule has 34 heavy (non-hydrogen) atoms. The monoisotopic (exact) mass is 486 g/mol. The molecular formula is C21H26O13. The van der Waals surface area contributed by atoms with Crippen molar-refractivity contribution in [2.24, 2.45) is 0 Å². The van der Waals surface area contributed by atoms with Crippen LogP contribution in [0.15, 0.2) is 24.3 Å². The number of carbonyl (C=O) groups is 2. The minimum absolute atomic E-state index is 0.0357. The molecule has 0 saturated carbocycles. The first-order chi connectivity index (χ1) is 16.0. The molecule has 0 aliphatic heterocycles. The number of ether oxygens (including phenoxy) is 3. The van der Waals surface area contributed by atoms with Crippen LogP contribution in [0.3, 0.4) is 0 Å².